The Morgan fingerprint density at radius 2 is 1.67 bits per heavy atom. The average Bonchev–Trinajstić information content (AvgIpc) is 2.47. The van der Waals surface area contributed by atoms with Gasteiger partial charge in [0.2, 0.25) is 0 Å². The van der Waals surface area contributed by atoms with Gasteiger partial charge in [0.25, 0.3) is 0 Å². The highest BCUT2D eigenvalue weighted by Gasteiger charge is 2.19. The second-order valence-corrected chi connectivity index (χ2v) is 4.49. The zero-order valence-corrected chi connectivity index (χ0v) is 11.3. The molecule has 1 atom stereocenters. The second-order valence-electron chi connectivity index (χ2n) is 4.49. The van der Waals surface area contributed by atoms with E-state index in [-0.39, 0.29) is 16.9 Å². The second kappa shape index (κ2) is 6.09. The number of hydrogen-bond acceptors (Lipinski definition) is 4. The molecule has 0 aliphatic rings. The minimum absolute atomic E-state index is 0.0517. The number of carbonyl (C=O) groups excluding carboxylic acids is 1. The first-order valence-electron chi connectivity index (χ1n) is 6.31. The van der Waals surface area contributed by atoms with Crippen molar-refractivity contribution >= 4 is 11.9 Å². The van der Waals surface area contributed by atoms with Crippen molar-refractivity contribution in [2.75, 3.05) is 0 Å². The number of carboxylic acid groups (broad SMARTS) is 1. The third kappa shape index (κ3) is 3.39. The summed E-state index contributed by atoms with van der Waals surface area (Å²) in [5.41, 5.74) is 0.813. The van der Waals surface area contributed by atoms with Crippen LogP contribution in [0.4, 0.5) is 0 Å². The van der Waals surface area contributed by atoms with Crippen molar-refractivity contribution in [3.8, 4) is 5.75 Å². The number of phenols is 1. The smallest absolute Gasteiger partial charge is 0.338 e. The van der Waals surface area contributed by atoms with E-state index in [2.05, 4.69) is 0 Å². The van der Waals surface area contributed by atoms with Crippen molar-refractivity contribution in [1.82, 2.24) is 0 Å². The molecule has 0 saturated heterocycles. The summed E-state index contributed by atoms with van der Waals surface area (Å²) in [5.74, 6) is -1.60. The number of benzene rings is 2. The van der Waals surface area contributed by atoms with Crippen LogP contribution in [-0.2, 0) is 4.74 Å². The largest absolute Gasteiger partial charge is 0.508 e. The Hall–Kier alpha value is -2.82. The number of carboxylic acids is 1. The van der Waals surface area contributed by atoms with Crippen LogP contribution in [0.2, 0.25) is 0 Å². The van der Waals surface area contributed by atoms with Crippen LogP contribution in [0.15, 0.2) is 48.5 Å². The molecule has 21 heavy (non-hydrogen) atoms. The monoisotopic (exact) mass is 286 g/mol. The van der Waals surface area contributed by atoms with E-state index in [4.69, 9.17) is 9.84 Å². The van der Waals surface area contributed by atoms with Gasteiger partial charge in [0, 0.05) is 5.56 Å². The first-order valence-corrected chi connectivity index (χ1v) is 6.31. The number of phenolic OH excluding ortho intramolecular Hbond substituents is 1. The summed E-state index contributed by atoms with van der Waals surface area (Å²) in [6, 6.07) is 12.0. The van der Waals surface area contributed by atoms with Gasteiger partial charge in [-0.15, -0.1) is 0 Å². The summed E-state index contributed by atoms with van der Waals surface area (Å²) in [6.07, 6.45) is -0.696. The fraction of sp³-hybridized carbons (Fsp3) is 0.125. The lowest BCUT2D eigenvalue weighted by Gasteiger charge is -2.15. The minimum atomic E-state index is -1.07. The molecule has 0 spiro atoms. The highest BCUT2D eigenvalue weighted by atomic mass is 16.5. The van der Waals surface area contributed by atoms with E-state index in [1.807, 2.05) is 0 Å². The molecule has 0 heterocycles. The molecule has 0 radical (unpaired) electrons. The molecule has 2 N–H and O–H groups in total. The molecular weight excluding hydrogens is 272 g/mol. The quantitative estimate of drug-likeness (QED) is 0.844. The van der Waals surface area contributed by atoms with E-state index < -0.39 is 18.0 Å². The van der Waals surface area contributed by atoms with Crippen molar-refractivity contribution < 1.29 is 24.5 Å². The van der Waals surface area contributed by atoms with Gasteiger partial charge in [-0.1, -0.05) is 18.2 Å². The normalized spacial score (nSPS) is 11.7. The third-order valence-electron chi connectivity index (χ3n) is 3.02. The van der Waals surface area contributed by atoms with Gasteiger partial charge in [-0.2, -0.15) is 0 Å². The van der Waals surface area contributed by atoms with Crippen LogP contribution in [0.25, 0.3) is 0 Å². The van der Waals surface area contributed by atoms with Crippen molar-refractivity contribution in [3.05, 3.63) is 65.2 Å². The molecule has 1 unspecified atom stereocenters. The molecular formula is C16H14O5. The van der Waals surface area contributed by atoms with Gasteiger partial charge in [-0.25, -0.2) is 9.59 Å². The molecule has 5 heteroatoms. The maximum atomic E-state index is 12.0. The van der Waals surface area contributed by atoms with Crippen LogP contribution in [0, 0.1) is 0 Å². The number of aromatic carboxylic acids is 1. The molecule has 0 bridgehead atoms. The Morgan fingerprint density at radius 3 is 2.29 bits per heavy atom. The van der Waals surface area contributed by atoms with Gasteiger partial charge in [0.1, 0.15) is 11.9 Å². The Labute approximate surface area is 121 Å². The standard InChI is InChI=1S/C16H14O5/c1-10(13-4-2-3-5-14(13)15(18)19)21-16(20)11-6-8-12(17)9-7-11/h2-10,17H,1H3,(H,18,19). The van der Waals surface area contributed by atoms with Crippen molar-refractivity contribution in [1.29, 1.82) is 0 Å². The van der Waals surface area contributed by atoms with Gasteiger partial charge in [-0.3, -0.25) is 0 Å². The van der Waals surface area contributed by atoms with Crippen LogP contribution < -0.4 is 0 Å². The van der Waals surface area contributed by atoms with Crippen molar-refractivity contribution in [3.63, 3.8) is 0 Å². The van der Waals surface area contributed by atoms with E-state index >= 15 is 0 Å². The molecule has 2 aromatic rings. The van der Waals surface area contributed by atoms with Gasteiger partial charge >= 0.3 is 11.9 Å². The van der Waals surface area contributed by atoms with E-state index in [0.29, 0.717) is 5.56 Å². The lowest BCUT2D eigenvalue weighted by molar-refractivity contribution is 0.0330. The Morgan fingerprint density at radius 1 is 1.05 bits per heavy atom. The summed E-state index contributed by atoms with van der Waals surface area (Å²) in [6.45, 7) is 1.61. The van der Waals surface area contributed by atoms with Crippen molar-refractivity contribution in [2.45, 2.75) is 13.0 Å². The van der Waals surface area contributed by atoms with Crippen LogP contribution in [0.3, 0.4) is 0 Å². The highest BCUT2D eigenvalue weighted by Crippen LogP contribution is 2.23. The Kier molecular flexibility index (Phi) is 4.23. The van der Waals surface area contributed by atoms with E-state index in [0.717, 1.165) is 0 Å². The number of aromatic hydroxyl groups is 1. The predicted molar refractivity (Wildman–Crippen MR) is 75.3 cm³/mol. The van der Waals surface area contributed by atoms with E-state index in [1.165, 1.54) is 30.3 Å². The number of carbonyl (C=O) groups is 2. The number of ether oxygens (including phenoxy) is 1. The highest BCUT2D eigenvalue weighted by molar-refractivity contribution is 5.91. The molecule has 5 nitrogen and oxygen atoms in total. The van der Waals surface area contributed by atoms with Crippen LogP contribution in [0.5, 0.6) is 5.75 Å². The topological polar surface area (TPSA) is 83.8 Å². The molecule has 0 aliphatic carbocycles. The lowest BCUT2D eigenvalue weighted by atomic mass is 10.0. The van der Waals surface area contributed by atoms with Gasteiger partial charge in [0.15, 0.2) is 0 Å². The zero-order chi connectivity index (χ0) is 15.4. The van der Waals surface area contributed by atoms with Crippen LogP contribution in [0.1, 0.15) is 39.3 Å². The Balaban J connectivity index is 2.18. The maximum absolute atomic E-state index is 12.0. The molecule has 0 saturated carbocycles. The summed E-state index contributed by atoms with van der Waals surface area (Å²) in [7, 11) is 0. The summed E-state index contributed by atoms with van der Waals surface area (Å²) >= 11 is 0. The maximum Gasteiger partial charge on any atom is 0.338 e. The molecule has 0 aliphatic heterocycles. The van der Waals surface area contributed by atoms with Gasteiger partial charge in [-0.05, 0) is 37.3 Å². The fourth-order valence-electron chi connectivity index (χ4n) is 1.94. The average molecular weight is 286 g/mol. The zero-order valence-electron chi connectivity index (χ0n) is 11.3. The fourth-order valence-corrected chi connectivity index (χ4v) is 1.94. The van der Waals surface area contributed by atoms with E-state index in [9.17, 15) is 14.7 Å². The first kappa shape index (κ1) is 14.6. The Bertz CT molecular complexity index is 661. The molecule has 2 aromatic carbocycles. The molecule has 2 rings (SSSR count). The number of hydrogen-bond donors (Lipinski definition) is 2. The molecule has 108 valence electrons. The molecule has 0 fully saturated rings. The van der Waals surface area contributed by atoms with Crippen LogP contribution in [-0.4, -0.2) is 22.2 Å². The lowest BCUT2D eigenvalue weighted by Crippen LogP contribution is -2.12. The molecule has 0 aromatic heterocycles. The van der Waals surface area contributed by atoms with Gasteiger partial charge in [0.05, 0.1) is 11.1 Å². The third-order valence-corrected chi connectivity index (χ3v) is 3.02. The summed E-state index contributed by atoms with van der Waals surface area (Å²) < 4.78 is 5.27. The number of esters is 1. The van der Waals surface area contributed by atoms with Gasteiger partial charge < -0.3 is 14.9 Å². The minimum Gasteiger partial charge on any atom is -0.508 e. The van der Waals surface area contributed by atoms with Crippen molar-refractivity contribution in [2.24, 2.45) is 0 Å². The summed E-state index contributed by atoms with van der Waals surface area (Å²) in [4.78, 5) is 23.1. The SMILES string of the molecule is CC(OC(=O)c1ccc(O)cc1)c1ccccc1C(=O)O. The molecule has 0 amide bonds. The summed E-state index contributed by atoms with van der Waals surface area (Å²) in [5, 5.41) is 18.3. The predicted octanol–water partition coefficient (Wildman–Crippen LogP) is 3.01. The first-order chi connectivity index (χ1) is 9.99. The van der Waals surface area contributed by atoms with Crippen LogP contribution >= 0.6 is 0 Å². The number of rotatable bonds is 4. The van der Waals surface area contributed by atoms with E-state index in [1.54, 1.807) is 25.1 Å².